The van der Waals surface area contributed by atoms with E-state index >= 15 is 0 Å². The zero-order valence-corrected chi connectivity index (χ0v) is 17.3. The molecular weight excluding hydrogens is 435 g/mol. The van der Waals surface area contributed by atoms with Crippen LogP contribution in [0.1, 0.15) is 5.56 Å². The van der Waals surface area contributed by atoms with Crippen molar-refractivity contribution in [3.05, 3.63) is 49.9 Å². The Kier molecular flexibility index (Phi) is 5.69. The van der Waals surface area contributed by atoms with Crippen LogP contribution in [0.25, 0.3) is 11.3 Å². The molecule has 1 N–H and O–H groups in total. The normalized spacial score (nSPS) is 11.5. The highest BCUT2D eigenvalue weighted by Gasteiger charge is 2.20. The number of hydrogen-bond donors (Lipinski definition) is 1. The van der Waals surface area contributed by atoms with Crippen LogP contribution in [0.4, 0.5) is 5.13 Å². The van der Waals surface area contributed by atoms with Crippen molar-refractivity contribution >= 4 is 66.8 Å². The number of sulfone groups is 1. The predicted molar refractivity (Wildman–Crippen MR) is 107 cm³/mol. The Hall–Kier alpha value is -1.45. The van der Waals surface area contributed by atoms with E-state index in [1.807, 2.05) is 6.92 Å². The number of benzene rings is 1. The molecule has 0 aliphatic heterocycles. The van der Waals surface area contributed by atoms with Gasteiger partial charge in [-0.3, -0.25) is 4.79 Å². The largest absolute Gasteiger partial charge is 0.301 e. The van der Waals surface area contributed by atoms with Crippen molar-refractivity contribution in [3.63, 3.8) is 0 Å². The minimum atomic E-state index is -3.72. The molecule has 0 fully saturated rings. The van der Waals surface area contributed by atoms with Gasteiger partial charge in [0.1, 0.15) is 10.1 Å². The lowest BCUT2D eigenvalue weighted by Crippen LogP contribution is -2.22. The standard InChI is InChI=1S/C16H12Cl2N2O3S3/c1-9-2-4-10(5-3-9)26(22,23)8-14(21)20-16-19-12(7-24-16)11-6-13(17)25-15(11)18/h2-7H,8H2,1H3,(H,19,20,21). The molecule has 1 aromatic carbocycles. The lowest BCUT2D eigenvalue weighted by molar-refractivity contribution is -0.113. The zero-order valence-electron chi connectivity index (χ0n) is 13.3. The van der Waals surface area contributed by atoms with Crippen LogP contribution in [0.15, 0.2) is 40.6 Å². The van der Waals surface area contributed by atoms with Gasteiger partial charge in [-0.15, -0.1) is 22.7 Å². The number of nitrogens with one attached hydrogen (secondary N) is 1. The second-order valence-corrected chi connectivity index (χ2v) is 10.5. The van der Waals surface area contributed by atoms with Crippen molar-refractivity contribution in [2.24, 2.45) is 0 Å². The molecule has 0 atom stereocenters. The van der Waals surface area contributed by atoms with Crippen molar-refractivity contribution in [1.82, 2.24) is 4.98 Å². The summed E-state index contributed by atoms with van der Waals surface area (Å²) in [5, 5.41) is 4.52. The number of thiophene rings is 1. The molecule has 3 aromatic rings. The number of amides is 1. The third-order valence-electron chi connectivity index (χ3n) is 3.38. The quantitative estimate of drug-likeness (QED) is 0.604. The second kappa shape index (κ2) is 7.66. The van der Waals surface area contributed by atoms with Gasteiger partial charge in [0.2, 0.25) is 5.91 Å². The Labute approximate surface area is 168 Å². The molecule has 0 radical (unpaired) electrons. The first-order chi connectivity index (χ1) is 12.2. The van der Waals surface area contributed by atoms with Crippen molar-refractivity contribution < 1.29 is 13.2 Å². The van der Waals surface area contributed by atoms with Crippen LogP contribution < -0.4 is 5.32 Å². The van der Waals surface area contributed by atoms with Crippen LogP contribution in [-0.4, -0.2) is 25.1 Å². The van der Waals surface area contributed by atoms with E-state index in [0.29, 0.717) is 25.1 Å². The van der Waals surface area contributed by atoms with Crippen LogP contribution >= 0.6 is 45.9 Å². The Morgan fingerprint density at radius 1 is 1.23 bits per heavy atom. The molecular formula is C16H12Cl2N2O3S3. The smallest absolute Gasteiger partial charge is 0.241 e. The number of nitrogens with zero attached hydrogens (tertiary/aromatic N) is 1. The Morgan fingerprint density at radius 2 is 1.92 bits per heavy atom. The van der Waals surface area contributed by atoms with Gasteiger partial charge in [-0.25, -0.2) is 13.4 Å². The number of carbonyl (C=O) groups is 1. The van der Waals surface area contributed by atoms with Gasteiger partial charge in [-0.05, 0) is 25.1 Å². The van der Waals surface area contributed by atoms with Gasteiger partial charge in [0, 0.05) is 10.9 Å². The maximum absolute atomic E-state index is 12.3. The van der Waals surface area contributed by atoms with E-state index in [0.717, 1.165) is 5.56 Å². The van der Waals surface area contributed by atoms with E-state index in [1.54, 1.807) is 23.6 Å². The molecule has 0 saturated heterocycles. The highest BCUT2D eigenvalue weighted by atomic mass is 35.5. The summed E-state index contributed by atoms with van der Waals surface area (Å²) in [5.41, 5.74) is 2.18. The van der Waals surface area contributed by atoms with Crippen LogP contribution in [-0.2, 0) is 14.6 Å². The number of carbonyl (C=O) groups excluding carboxylic acids is 1. The van der Waals surface area contributed by atoms with Crippen molar-refractivity contribution in [1.29, 1.82) is 0 Å². The van der Waals surface area contributed by atoms with E-state index in [1.165, 1.54) is 34.8 Å². The summed E-state index contributed by atoms with van der Waals surface area (Å²) in [6.07, 6.45) is 0. The Balaban J connectivity index is 1.71. The summed E-state index contributed by atoms with van der Waals surface area (Å²) < 4.78 is 25.7. The van der Waals surface area contributed by atoms with Gasteiger partial charge in [-0.1, -0.05) is 40.9 Å². The molecule has 0 spiro atoms. The average Bonchev–Trinajstić information content (AvgIpc) is 3.13. The highest BCUT2D eigenvalue weighted by molar-refractivity contribution is 7.92. The minimum Gasteiger partial charge on any atom is -0.301 e. The molecule has 0 saturated carbocycles. The molecule has 1 amide bonds. The van der Waals surface area contributed by atoms with Gasteiger partial charge in [0.25, 0.3) is 0 Å². The highest BCUT2D eigenvalue weighted by Crippen LogP contribution is 2.38. The molecule has 136 valence electrons. The first-order valence-corrected chi connectivity index (χ1v) is 11.3. The molecule has 0 bridgehead atoms. The first kappa shape index (κ1) is 19.3. The van der Waals surface area contributed by atoms with Crippen molar-refractivity contribution in [2.45, 2.75) is 11.8 Å². The number of hydrogen-bond acceptors (Lipinski definition) is 6. The number of aromatic nitrogens is 1. The van der Waals surface area contributed by atoms with Gasteiger partial charge < -0.3 is 5.32 Å². The fourth-order valence-electron chi connectivity index (χ4n) is 2.13. The van der Waals surface area contributed by atoms with Crippen molar-refractivity contribution in [2.75, 3.05) is 11.1 Å². The lowest BCUT2D eigenvalue weighted by Gasteiger charge is -2.05. The number of aryl methyl sites for hydroxylation is 1. The third-order valence-corrected chi connectivity index (χ3v) is 7.26. The predicted octanol–water partition coefficient (Wildman–Crippen LogP) is 4.90. The first-order valence-electron chi connectivity index (χ1n) is 7.24. The van der Waals surface area contributed by atoms with E-state index in [2.05, 4.69) is 10.3 Å². The summed E-state index contributed by atoms with van der Waals surface area (Å²) >= 11 is 14.4. The van der Waals surface area contributed by atoms with Crippen molar-refractivity contribution in [3.8, 4) is 11.3 Å². The Bertz CT molecular complexity index is 1060. The molecule has 2 heterocycles. The molecule has 3 rings (SSSR count). The number of thiazole rings is 1. The number of rotatable bonds is 5. The molecule has 26 heavy (non-hydrogen) atoms. The summed E-state index contributed by atoms with van der Waals surface area (Å²) in [4.78, 5) is 16.5. The molecule has 0 aliphatic carbocycles. The van der Waals surface area contributed by atoms with Crippen LogP contribution in [0.3, 0.4) is 0 Å². The maximum Gasteiger partial charge on any atom is 0.241 e. The fraction of sp³-hybridized carbons (Fsp3) is 0.125. The molecule has 0 unspecified atom stereocenters. The van der Waals surface area contributed by atoms with E-state index in [4.69, 9.17) is 23.2 Å². The minimum absolute atomic E-state index is 0.109. The van der Waals surface area contributed by atoms with E-state index in [9.17, 15) is 13.2 Å². The number of halogens is 2. The van der Waals surface area contributed by atoms with E-state index in [-0.39, 0.29) is 4.90 Å². The maximum atomic E-state index is 12.3. The summed E-state index contributed by atoms with van der Waals surface area (Å²) in [6, 6.07) is 8.04. The monoisotopic (exact) mass is 446 g/mol. The van der Waals surface area contributed by atoms with Crippen LogP contribution in [0.2, 0.25) is 8.67 Å². The van der Waals surface area contributed by atoms with E-state index < -0.39 is 21.5 Å². The van der Waals surface area contributed by atoms with Gasteiger partial charge in [0.15, 0.2) is 15.0 Å². The Morgan fingerprint density at radius 3 is 2.54 bits per heavy atom. The molecule has 10 heteroatoms. The van der Waals surface area contributed by atoms with Crippen LogP contribution in [0.5, 0.6) is 0 Å². The third kappa shape index (κ3) is 4.44. The molecule has 0 aliphatic rings. The molecule has 2 aromatic heterocycles. The van der Waals surface area contributed by atoms with Gasteiger partial charge in [-0.2, -0.15) is 0 Å². The lowest BCUT2D eigenvalue weighted by atomic mass is 10.2. The SMILES string of the molecule is Cc1ccc(S(=O)(=O)CC(=O)Nc2nc(-c3cc(Cl)sc3Cl)cs2)cc1. The summed E-state index contributed by atoms with van der Waals surface area (Å²) in [5.74, 6) is -1.31. The number of anilines is 1. The van der Waals surface area contributed by atoms with Gasteiger partial charge in [0.05, 0.1) is 14.9 Å². The second-order valence-electron chi connectivity index (χ2n) is 5.40. The summed E-state index contributed by atoms with van der Waals surface area (Å²) in [7, 11) is -3.72. The van der Waals surface area contributed by atoms with Crippen LogP contribution in [0, 0.1) is 6.92 Å². The average molecular weight is 447 g/mol. The van der Waals surface area contributed by atoms with Gasteiger partial charge >= 0.3 is 0 Å². The fourth-order valence-corrected chi connectivity index (χ4v) is 5.47. The topological polar surface area (TPSA) is 76.1 Å². The zero-order chi connectivity index (χ0) is 18.9. The summed E-state index contributed by atoms with van der Waals surface area (Å²) in [6.45, 7) is 1.86. The molecule has 5 nitrogen and oxygen atoms in total.